The number of aromatic nitrogens is 2. The highest BCUT2D eigenvalue weighted by Gasteiger charge is 2.38. The third kappa shape index (κ3) is 4.30. The van der Waals surface area contributed by atoms with Gasteiger partial charge in [-0.2, -0.15) is 0 Å². The molecule has 0 radical (unpaired) electrons. The summed E-state index contributed by atoms with van der Waals surface area (Å²) in [6.07, 6.45) is 3.43. The van der Waals surface area contributed by atoms with Crippen LogP contribution in [0.5, 0.6) is 0 Å². The highest BCUT2D eigenvalue weighted by molar-refractivity contribution is 7.91. The van der Waals surface area contributed by atoms with E-state index in [9.17, 15) is 18.0 Å². The van der Waals surface area contributed by atoms with Gasteiger partial charge in [-0.1, -0.05) is 42.8 Å². The number of fused-ring (bicyclic) bond motifs is 1. The van der Waals surface area contributed by atoms with Crippen molar-refractivity contribution >= 4 is 26.8 Å². The molecular weight excluding hydrogens is 462 g/mol. The predicted octanol–water partition coefficient (Wildman–Crippen LogP) is 4.14. The number of hydrogen-bond donors (Lipinski definition) is 2. The van der Waals surface area contributed by atoms with E-state index in [1.165, 1.54) is 6.20 Å². The summed E-state index contributed by atoms with van der Waals surface area (Å²) < 4.78 is 29.6. The number of carbonyl (C=O) groups is 1. The molecule has 0 atom stereocenters. The average molecular weight is 490 g/mol. The molecule has 2 aromatic carbocycles. The zero-order valence-electron chi connectivity index (χ0n) is 19.7. The third-order valence-corrected chi connectivity index (χ3v) is 8.37. The maximum absolute atomic E-state index is 13.7. The zero-order valence-corrected chi connectivity index (χ0v) is 20.5. The Balaban J connectivity index is 1.80. The summed E-state index contributed by atoms with van der Waals surface area (Å²) in [5, 5.41) is 0.181. The third-order valence-electron chi connectivity index (χ3n) is 6.55. The van der Waals surface area contributed by atoms with E-state index in [1.807, 2.05) is 54.0 Å². The Kier molecular flexibility index (Phi) is 5.84. The van der Waals surface area contributed by atoms with Crippen LogP contribution in [0.4, 0.5) is 0 Å². The second-order valence-corrected chi connectivity index (χ2v) is 11.0. The minimum absolute atomic E-state index is 0.164. The first-order valence-electron chi connectivity index (χ1n) is 11.7. The van der Waals surface area contributed by atoms with Crippen LogP contribution < -0.4 is 10.3 Å². The molecule has 7 nitrogen and oxygen atoms in total. The average Bonchev–Trinajstić information content (AvgIpc) is 3.65. The quantitative estimate of drug-likeness (QED) is 0.407. The Morgan fingerprint density at radius 1 is 1.09 bits per heavy atom. The van der Waals surface area contributed by atoms with Gasteiger partial charge in [0.05, 0.1) is 5.25 Å². The smallest absolute Gasteiger partial charge is 0.282 e. The van der Waals surface area contributed by atoms with Crippen molar-refractivity contribution < 1.29 is 13.2 Å². The minimum atomic E-state index is -3.79. The number of hydrogen-bond acceptors (Lipinski definition) is 4. The van der Waals surface area contributed by atoms with Gasteiger partial charge in [0.2, 0.25) is 10.0 Å². The molecule has 2 heterocycles. The van der Waals surface area contributed by atoms with Gasteiger partial charge in [-0.25, -0.2) is 13.1 Å². The second kappa shape index (κ2) is 8.85. The van der Waals surface area contributed by atoms with Crippen LogP contribution in [0, 0.1) is 6.92 Å². The van der Waals surface area contributed by atoms with Crippen LogP contribution >= 0.6 is 0 Å². The van der Waals surface area contributed by atoms with Gasteiger partial charge in [0.15, 0.2) is 0 Å². The predicted molar refractivity (Wildman–Crippen MR) is 137 cm³/mol. The molecule has 2 N–H and O–H groups in total. The first kappa shape index (κ1) is 23.1. The highest BCUT2D eigenvalue weighted by Crippen LogP contribution is 2.36. The first-order valence-corrected chi connectivity index (χ1v) is 13.3. The van der Waals surface area contributed by atoms with Gasteiger partial charge < -0.3 is 9.55 Å². The Morgan fingerprint density at radius 2 is 1.83 bits per heavy atom. The number of aryl methyl sites for hydroxylation is 2. The van der Waals surface area contributed by atoms with E-state index in [-0.39, 0.29) is 11.3 Å². The SMILES string of the molecule is CCc1ccccc1Cn1c(C(=O)NS(=O)(=O)C2CC2)c(-c2ccc[nH]c2=O)c2cc(C)ccc21. The molecule has 180 valence electrons. The fourth-order valence-electron chi connectivity index (χ4n) is 4.63. The number of pyridine rings is 1. The summed E-state index contributed by atoms with van der Waals surface area (Å²) in [5.41, 5.74) is 4.46. The van der Waals surface area contributed by atoms with Crippen molar-refractivity contribution in [2.75, 3.05) is 0 Å². The van der Waals surface area contributed by atoms with E-state index < -0.39 is 21.2 Å². The largest absolute Gasteiger partial charge is 0.331 e. The molecule has 1 amide bonds. The van der Waals surface area contributed by atoms with Crippen molar-refractivity contribution in [1.82, 2.24) is 14.3 Å². The maximum Gasteiger partial charge on any atom is 0.282 e. The molecule has 35 heavy (non-hydrogen) atoms. The highest BCUT2D eigenvalue weighted by atomic mass is 32.2. The van der Waals surface area contributed by atoms with Gasteiger partial charge in [0.1, 0.15) is 5.69 Å². The number of rotatable bonds is 7. The number of aromatic amines is 1. The lowest BCUT2D eigenvalue weighted by molar-refractivity contribution is 0.0974. The normalized spacial score (nSPS) is 13.8. The summed E-state index contributed by atoms with van der Waals surface area (Å²) in [4.78, 5) is 29.3. The molecular formula is C27H27N3O4S. The summed E-state index contributed by atoms with van der Waals surface area (Å²) in [6.45, 7) is 4.38. The van der Waals surface area contributed by atoms with Crippen LogP contribution in [0.15, 0.2) is 65.6 Å². The van der Waals surface area contributed by atoms with Crippen LogP contribution in [-0.4, -0.2) is 29.1 Å². The van der Waals surface area contributed by atoms with Crippen molar-refractivity contribution in [2.45, 2.75) is 44.9 Å². The molecule has 2 aromatic heterocycles. The summed E-state index contributed by atoms with van der Waals surface area (Å²) >= 11 is 0. The van der Waals surface area contributed by atoms with Crippen LogP contribution in [-0.2, 0) is 23.0 Å². The molecule has 0 aliphatic heterocycles. The number of nitrogens with zero attached hydrogens (tertiary/aromatic N) is 1. The molecule has 0 saturated heterocycles. The fraction of sp³-hybridized carbons (Fsp3) is 0.259. The number of H-pyrrole nitrogens is 1. The number of amides is 1. The lowest BCUT2D eigenvalue weighted by Crippen LogP contribution is -2.35. The molecule has 5 rings (SSSR count). The number of sulfonamides is 1. The van der Waals surface area contributed by atoms with E-state index in [2.05, 4.69) is 16.6 Å². The lowest BCUT2D eigenvalue weighted by Gasteiger charge is -2.15. The number of carbonyl (C=O) groups excluding carboxylic acids is 1. The molecule has 4 aromatic rings. The van der Waals surface area contributed by atoms with Gasteiger partial charge in [-0.15, -0.1) is 0 Å². The van der Waals surface area contributed by atoms with Gasteiger partial charge in [-0.3, -0.25) is 9.59 Å². The van der Waals surface area contributed by atoms with Crippen LogP contribution in [0.2, 0.25) is 0 Å². The van der Waals surface area contributed by atoms with Crippen molar-refractivity contribution in [2.24, 2.45) is 0 Å². The van der Waals surface area contributed by atoms with Crippen LogP contribution in [0.25, 0.3) is 22.0 Å². The Morgan fingerprint density at radius 3 is 2.51 bits per heavy atom. The molecule has 1 aliphatic rings. The van der Waals surface area contributed by atoms with Crippen molar-refractivity contribution in [3.63, 3.8) is 0 Å². The van der Waals surface area contributed by atoms with Crippen molar-refractivity contribution in [3.05, 3.63) is 93.5 Å². The Hall–Kier alpha value is -3.65. The van der Waals surface area contributed by atoms with E-state index in [0.29, 0.717) is 30.5 Å². The van der Waals surface area contributed by atoms with Crippen LogP contribution in [0.1, 0.15) is 46.9 Å². The van der Waals surface area contributed by atoms with E-state index >= 15 is 0 Å². The zero-order chi connectivity index (χ0) is 24.7. The van der Waals surface area contributed by atoms with E-state index in [1.54, 1.807) is 12.1 Å². The summed E-state index contributed by atoms with van der Waals surface area (Å²) in [5.74, 6) is -0.724. The van der Waals surface area contributed by atoms with Gasteiger partial charge in [-0.05, 0) is 61.6 Å². The standard InChI is InChI=1S/C27H27N3O4S/c1-3-18-7-4-5-8-19(18)16-30-23-13-10-17(2)15-22(23)24(21-9-6-14-28-26(21)31)25(30)27(32)29-35(33,34)20-11-12-20/h4-10,13-15,20H,3,11-12,16H2,1-2H3,(H,28,31)(H,29,32). The van der Waals surface area contributed by atoms with Crippen LogP contribution in [0.3, 0.4) is 0 Å². The molecule has 1 saturated carbocycles. The number of benzene rings is 2. The molecule has 8 heteroatoms. The van der Waals surface area contributed by atoms with Gasteiger partial charge >= 0.3 is 0 Å². The summed E-state index contributed by atoms with van der Waals surface area (Å²) in [6, 6.07) is 17.2. The van der Waals surface area contributed by atoms with Crippen molar-refractivity contribution in [3.8, 4) is 11.1 Å². The minimum Gasteiger partial charge on any atom is -0.331 e. The van der Waals surface area contributed by atoms with Gasteiger partial charge in [0, 0.05) is 34.8 Å². The fourth-order valence-corrected chi connectivity index (χ4v) is 5.90. The van der Waals surface area contributed by atoms with E-state index in [0.717, 1.165) is 34.0 Å². The molecule has 1 aliphatic carbocycles. The van der Waals surface area contributed by atoms with E-state index in [4.69, 9.17) is 0 Å². The topological polar surface area (TPSA) is 101 Å². The number of nitrogens with one attached hydrogen (secondary N) is 2. The maximum atomic E-state index is 13.7. The monoisotopic (exact) mass is 489 g/mol. The molecule has 0 spiro atoms. The Bertz CT molecular complexity index is 1610. The van der Waals surface area contributed by atoms with Gasteiger partial charge in [0.25, 0.3) is 11.5 Å². The molecule has 1 fully saturated rings. The summed E-state index contributed by atoms with van der Waals surface area (Å²) in [7, 11) is -3.79. The first-order chi connectivity index (χ1) is 16.8. The second-order valence-electron chi connectivity index (χ2n) is 9.04. The molecule has 0 bridgehead atoms. The van der Waals surface area contributed by atoms with Crippen molar-refractivity contribution in [1.29, 1.82) is 0 Å². The lowest BCUT2D eigenvalue weighted by atomic mass is 10.0. The molecule has 0 unspecified atom stereocenters. The Labute approximate surface area is 203 Å².